The molecule has 0 atom stereocenters. The summed E-state index contributed by atoms with van der Waals surface area (Å²) in [6.07, 6.45) is 4.44. The molecular weight excluding hydrogens is 236 g/mol. The molecule has 8 nitrogen and oxygen atoms in total. The van der Waals surface area contributed by atoms with Crippen LogP contribution in [-0.4, -0.2) is 19.9 Å². The summed E-state index contributed by atoms with van der Waals surface area (Å²) in [5.74, 6) is 0.0636. The van der Waals surface area contributed by atoms with Crippen LogP contribution < -0.4 is 5.32 Å². The SMILES string of the molecule is N#Cc1ccnc(NCc2cnc[nH]2)c1[N+](=O)[O-]. The first kappa shape index (κ1) is 11.5. The highest BCUT2D eigenvalue weighted by molar-refractivity contribution is 5.63. The molecule has 0 fully saturated rings. The Labute approximate surface area is 101 Å². The molecule has 0 spiro atoms. The minimum atomic E-state index is -0.624. The summed E-state index contributed by atoms with van der Waals surface area (Å²) in [7, 11) is 0. The number of hydrogen-bond acceptors (Lipinski definition) is 6. The van der Waals surface area contributed by atoms with Crippen LogP contribution in [0.2, 0.25) is 0 Å². The van der Waals surface area contributed by atoms with E-state index in [-0.39, 0.29) is 17.1 Å². The van der Waals surface area contributed by atoms with E-state index in [1.807, 2.05) is 0 Å². The lowest BCUT2D eigenvalue weighted by molar-refractivity contribution is -0.384. The van der Waals surface area contributed by atoms with Crippen molar-refractivity contribution in [3.63, 3.8) is 0 Å². The summed E-state index contributed by atoms with van der Waals surface area (Å²) in [6, 6.07) is 3.07. The lowest BCUT2D eigenvalue weighted by Gasteiger charge is -2.05. The number of aromatic amines is 1. The topological polar surface area (TPSA) is 121 Å². The number of nitro groups is 1. The van der Waals surface area contributed by atoms with Crippen LogP contribution in [0.1, 0.15) is 11.3 Å². The molecule has 8 heteroatoms. The summed E-state index contributed by atoms with van der Waals surface area (Å²) in [4.78, 5) is 20.8. The summed E-state index contributed by atoms with van der Waals surface area (Å²) < 4.78 is 0. The second-order valence-electron chi connectivity index (χ2n) is 3.36. The van der Waals surface area contributed by atoms with Crippen molar-refractivity contribution < 1.29 is 4.92 Å². The van der Waals surface area contributed by atoms with Crippen LogP contribution in [0.4, 0.5) is 11.5 Å². The zero-order valence-corrected chi connectivity index (χ0v) is 9.12. The van der Waals surface area contributed by atoms with Crippen LogP contribution in [0.3, 0.4) is 0 Å². The van der Waals surface area contributed by atoms with Crippen LogP contribution in [0.25, 0.3) is 0 Å². The van der Waals surface area contributed by atoms with E-state index in [4.69, 9.17) is 5.26 Å². The van der Waals surface area contributed by atoms with Crippen LogP contribution in [0.5, 0.6) is 0 Å². The van der Waals surface area contributed by atoms with Crippen molar-refractivity contribution >= 4 is 11.5 Å². The fourth-order valence-electron chi connectivity index (χ4n) is 1.42. The number of nitrogens with one attached hydrogen (secondary N) is 2. The van der Waals surface area contributed by atoms with Crippen molar-refractivity contribution in [1.82, 2.24) is 15.0 Å². The van der Waals surface area contributed by atoms with Gasteiger partial charge in [-0.1, -0.05) is 0 Å². The Bertz CT molecular complexity index is 601. The van der Waals surface area contributed by atoms with Gasteiger partial charge in [0.15, 0.2) is 0 Å². The monoisotopic (exact) mass is 244 g/mol. The molecule has 0 amide bonds. The molecule has 0 saturated carbocycles. The predicted octanol–water partition coefficient (Wildman–Crippen LogP) is 1.20. The fraction of sp³-hybridized carbons (Fsp3) is 0.100. The highest BCUT2D eigenvalue weighted by atomic mass is 16.6. The summed E-state index contributed by atoms with van der Waals surface area (Å²) >= 11 is 0. The maximum absolute atomic E-state index is 10.9. The number of rotatable bonds is 4. The first-order chi connectivity index (χ1) is 8.72. The highest BCUT2D eigenvalue weighted by Gasteiger charge is 2.20. The van der Waals surface area contributed by atoms with Gasteiger partial charge in [-0.2, -0.15) is 5.26 Å². The van der Waals surface area contributed by atoms with Gasteiger partial charge in [-0.15, -0.1) is 0 Å². The van der Waals surface area contributed by atoms with E-state index < -0.39 is 4.92 Å². The van der Waals surface area contributed by atoms with Gasteiger partial charge in [-0.3, -0.25) is 10.1 Å². The average Bonchev–Trinajstić information content (AvgIpc) is 2.88. The molecule has 2 aromatic heterocycles. The molecule has 0 aliphatic carbocycles. The molecule has 2 aromatic rings. The zero-order chi connectivity index (χ0) is 13.0. The second-order valence-corrected chi connectivity index (χ2v) is 3.36. The molecule has 0 aliphatic rings. The number of aromatic nitrogens is 3. The third kappa shape index (κ3) is 2.25. The third-order valence-electron chi connectivity index (χ3n) is 2.23. The van der Waals surface area contributed by atoms with E-state index in [1.165, 1.54) is 18.6 Å². The first-order valence-electron chi connectivity index (χ1n) is 4.97. The van der Waals surface area contributed by atoms with Gasteiger partial charge in [0, 0.05) is 12.4 Å². The Balaban J connectivity index is 2.27. The van der Waals surface area contributed by atoms with Gasteiger partial charge in [0.25, 0.3) is 0 Å². The van der Waals surface area contributed by atoms with Crippen molar-refractivity contribution in [1.29, 1.82) is 5.26 Å². The Morgan fingerprint density at radius 3 is 3.06 bits per heavy atom. The molecule has 18 heavy (non-hydrogen) atoms. The van der Waals surface area contributed by atoms with E-state index in [2.05, 4.69) is 20.3 Å². The molecule has 2 heterocycles. The lowest BCUT2D eigenvalue weighted by Crippen LogP contribution is -2.06. The molecule has 2 N–H and O–H groups in total. The molecule has 0 aromatic carbocycles. The minimum Gasteiger partial charge on any atom is -0.359 e. The van der Waals surface area contributed by atoms with Crippen molar-refractivity contribution in [2.75, 3.05) is 5.32 Å². The summed E-state index contributed by atoms with van der Waals surface area (Å²) in [6.45, 7) is 0.308. The van der Waals surface area contributed by atoms with E-state index in [0.29, 0.717) is 6.54 Å². The van der Waals surface area contributed by atoms with Crippen molar-refractivity contribution in [3.05, 3.63) is 46.2 Å². The van der Waals surface area contributed by atoms with Crippen molar-refractivity contribution in [2.24, 2.45) is 0 Å². The average molecular weight is 244 g/mol. The number of pyridine rings is 1. The number of H-pyrrole nitrogens is 1. The van der Waals surface area contributed by atoms with Gasteiger partial charge in [0.05, 0.1) is 23.5 Å². The Hall–Kier alpha value is -2.95. The van der Waals surface area contributed by atoms with Crippen LogP contribution in [0, 0.1) is 21.4 Å². The molecule has 0 radical (unpaired) electrons. The Morgan fingerprint density at radius 1 is 1.61 bits per heavy atom. The Kier molecular flexibility index (Phi) is 3.15. The standard InChI is InChI=1S/C10H8N6O2/c11-3-7-1-2-13-10(9(7)16(17)18)14-5-8-4-12-6-15-8/h1-2,4,6H,5H2,(H,12,15)(H,13,14). The number of imidazole rings is 1. The highest BCUT2D eigenvalue weighted by Crippen LogP contribution is 2.25. The molecule has 0 unspecified atom stereocenters. The van der Waals surface area contributed by atoms with Gasteiger partial charge in [0.2, 0.25) is 5.82 Å². The van der Waals surface area contributed by atoms with Gasteiger partial charge < -0.3 is 10.3 Å². The largest absolute Gasteiger partial charge is 0.359 e. The van der Waals surface area contributed by atoms with E-state index >= 15 is 0 Å². The molecular formula is C10H8N6O2. The number of nitrogens with zero attached hydrogens (tertiary/aromatic N) is 4. The van der Waals surface area contributed by atoms with Crippen LogP contribution in [-0.2, 0) is 6.54 Å². The van der Waals surface area contributed by atoms with Gasteiger partial charge in [0.1, 0.15) is 11.6 Å². The normalized spacial score (nSPS) is 9.72. The third-order valence-corrected chi connectivity index (χ3v) is 2.23. The number of anilines is 1. The minimum absolute atomic E-state index is 0.0258. The van der Waals surface area contributed by atoms with E-state index in [0.717, 1.165) is 5.69 Å². The lowest BCUT2D eigenvalue weighted by atomic mass is 10.2. The maximum atomic E-state index is 10.9. The van der Waals surface area contributed by atoms with Crippen molar-refractivity contribution in [2.45, 2.75) is 6.54 Å². The fourth-order valence-corrected chi connectivity index (χ4v) is 1.42. The molecule has 2 rings (SSSR count). The van der Waals surface area contributed by atoms with E-state index in [1.54, 1.807) is 12.3 Å². The predicted molar refractivity (Wildman–Crippen MR) is 61.5 cm³/mol. The first-order valence-corrected chi connectivity index (χ1v) is 4.97. The quantitative estimate of drug-likeness (QED) is 0.615. The summed E-state index contributed by atoms with van der Waals surface area (Å²) in [5, 5.41) is 22.5. The Morgan fingerprint density at radius 2 is 2.44 bits per heavy atom. The molecule has 0 aliphatic heterocycles. The smallest absolute Gasteiger partial charge is 0.328 e. The maximum Gasteiger partial charge on any atom is 0.328 e. The van der Waals surface area contributed by atoms with Gasteiger partial charge >= 0.3 is 5.69 Å². The zero-order valence-electron chi connectivity index (χ0n) is 9.12. The van der Waals surface area contributed by atoms with Gasteiger partial charge in [-0.25, -0.2) is 9.97 Å². The van der Waals surface area contributed by atoms with Crippen LogP contribution >= 0.6 is 0 Å². The molecule has 90 valence electrons. The number of hydrogen-bond donors (Lipinski definition) is 2. The van der Waals surface area contributed by atoms with Gasteiger partial charge in [-0.05, 0) is 6.07 Å². The van der Waals surface area contributed by atoms with Crippen molar-refractivity contribution in [3.8, 4) is 6.07 Å². The summed E-state index contributed by atoms with van der Waals surface area (Å²) in [5.41, 5.74) is 0.412. The van der Waals surface area contributed by atoms with E-state index in [9.17, 15) is 10.1 Å². The molecule has 0 bridgehead atoms. The second kappa shape index (κ2) is 4.92. The molecule has 0 saturated heterocycles. The number of nitriles is 1. The van der Waals surface area contributed by atoms with Crippen LogP contribution in [0.15, 0.2) is 24.8 Å².